The summed E-state index contributed by atoms with van der Waals surface area (Å²) >= 11 is 0. The third kappa shape index (κ3) is 3.64. The monoisotopic (exact) mass is 226 g/mol. The molecule has 0 radical (unpaired) electrons. The molecule has 0 unspecified atom stereocenters. The maximum atomic E-state index is 11.2. The van der Waals surface area contributed by atoms with Crippen molar-refractivity contribution in [2.45, 2.75) is 26.4 Å². The second-order valence-corrected chi connectivity index (χ2v) is 3.40. The average molecular weight is 226 g/mol. The fourth-order valence-corrected chi connectivity index (χ4v) is 1.06. The van der Waals surface area contributed by atoms with E-state index in [0.717, 1.165) is 5.76 Å². The van der Waals surface area contributed by atoms with Gasteiger partial charge in [0, 0.05) is 0 Å². The minimum atomic E-state index is -1.08. The van der Waals surface area contributed by atoms with Gasteiger partial charge < -0.3 is 20.2 Å². The van der Waals surface area contributed by atoms with Gasteiger partial charge in [-0.2, -0.15) is 0 Å². The molecule has 1 rings (SSSR count). The molecule has 0 aromatic carbocycles. The van der Waals surface area contributed by atoms with E-state index in [1.165, 1.54) is 6.92 Å². The van der Waals surface area contributed by atoms with Crippen LogP contribution >= 0.6 is 0 Å². The largest absolute Gasteiger partial charge is 0.480 e. The predicted octanol–water partition coefficient (Wildman–Crippen LogP) is 0.860. The molecule has 3 N–H and O–H groups in total. The second-order valence-electron chi connectivity index (χ2n) is 3.40. The van der Waals surface area contributed by atoms with Gasteiger partial charge in [-0.1, -0.05) is 0 Å². The van der Waals surface area contributed by atoms with Crippen molar-refractivity contribution < 1.29 is 19.1 Å². The quantitative estimate of drug-likeness (QED) is 0.710. The fraction of sp³-hybridized carbons (Fsp3) is 0.400. The fourth-order valence-electron chi connectivity index (χ4n) is 1.06. The van der Waals surface area contributed by atoms with E-state index in [2.05, 4.69) is 10.6 Å². The van der Waals surface area contributed by atoms with Crippen molar-refractivity contribution in [3.8, 4) is 0 Å². The molecule has 1 aromatic heterocycles. The van der Waals surface area contributed by atoms with Crippen molar-refractivity contribution in [2.24, 2.45) is 0 Å². The number of furan rings is 1. The highest BCUT2D eigenvalue weighted by Gasteiger charge is 2.13. The molecule has 2 amide bonds. The molecular weight excluding hydrogens is 212 g/mol. The SMILES string of the molecule is Cc1ccc(CNC(=O)N[C@H](C)C(=O)O)o1. The number of amides is 2. The first-order valence-electron chi connectivity index (χ1n) is 4.81. The summed E-state index contributed by atoms with van der Waals surface area (Å²) in [5.74, 6) is 0.302. The van der Waals surface area contributed by atoms with Crippen LogP contribution in [0, 0.1) is 6.92 Å². The lowest BCUT2D eigenvalue weighted by molar-refractivity contribution is -0.138. The molecule has 1 aromatic rings. The smallest absolute Gasteiger partial charge is 0.325 e. The Bertz CT molecular complexity index is 386. The lowest BCUT2D eigenvalue weighted by Crippen LogP contribution is -2.44. The summed E-state index contributed by atoms with van der Waals surface area (Å²) < 4.78 is 5.23. The van der Waals surface area contributed by atoms with E-state index in [1.54, 1.807) is 19.1 Å². The Morgan fingerprint density at radius 3 is 2.69 bits per heavy atom. The zero-order valence-corrected chi connectivity index (χ0v) is 9.11. The first kappa shape index (κ1) is 12.1. The number of hydrogen-bond donors (Lipinski definition) is 3. The van der Waals surface area contributed by atoms with Crippen molar-refractivity contribution in [1.29, 1.82) is 0 Å². The second kappa shape index (κ2) is 5.20. The molecule has 0 aliphatic heterocycles. The Hall–Kier alpha value is -1.98. The molecule has 6 nitrogen and oxygen atoms in total. The summed E-state index contributed by atoms with van der Waals surface area (Å²) in [5, 5.41) is 13.3. The number of urea groups is 1. The van der Waals surface area contributed by atoms with Gasteiger partial charge in [0.15, 0.2) is 0 Å². The maximum absolute atomic E-state index is 11.2. The molecule has 0 aliphatic carbocycles. The normalized spacial score (nSPS) is 11.9. The highest BCUT2D eigenvalue weighted by atomic mass is 16.4. The predicted molar refractivity (Wildman–Crippen MR) is 55.9 cm³/mol. The highest BCUT2D eigenvalue weighted by molar-refractivity contribution is 5.82. The number of hydrogen-bond acceptors (Lipinski definition) is 3. The Balaban J connectivity index is 2.33. The molecular formula is C10H14N2O4. The number of carbonyl (C=O) groups excluding carboxylic acids is 1. The number of carboxylic acids is 1. The van der Waals surface area contributed by atoms with Gasteiger partial charge in [-0.05, 0) is 26.0 Å². The number of aryl methyl sites for hydroxylation is 1. The topological polar surface area (TPSA) is 91.6 Å². The van der Waals surface area contributed by atoms with Crippen LogP contribution in [-0.4, -0.2) is 23.1 Å². The molecule has 0 saturated carbocycles. The van der Waals surface area contributed by atoms with Crippen LogP contribution in [-0.2, 0) is 11.3 Å². The third-order valence-electron chi connectivity index (χ3n) is 1.94. The molecule has 0 spiro atoms. The van der Waals surface area contributed by atoms with E-state index in [1.807, 2.05) is 0 Å². The van der Waals surface area contributed by atoms with Crippen LogP contribution in [0.15, 0.2) is 16.5 Å². The summed E-state index contributed by atoms with van der Waals surface area (Å²) in [5.41, 5.74) is 0. The minimum Gasteiger partial charge on any atom is -0.480 e. The van der Waals surface area contributed by atoms with Crippen LogP contribution in [0.3, 0.4) is 0 Å². The molecule has 6 heteroatoms. The zero-order chi connectivity index (χ0) is 12.1. The van der Waals surface area contributed by atoms with Crippen LogP contribution in [0.25, 0.3) is 0 Å². The van der Waals surface area contributed by atoms with Crippen molar-refractivity contribution in [3.05, 3.63) is 23.7 Å². The molecule has 1 atom stereocenters. The van der Waals surface area contributed by atoms with Crippen molar-refractivity contribution in [3.63, 3.8) is 0 Å². The molecule has 1 heterocycles. The van der Waals surface area contributed by atoms with E-state index in [-0.39, 0.29) is 6.54 Å². The van der Waals surface area contributed by atoms with Gasteiger partial charge in [-0.3, -0.25) is 4.79 Å². The number of carbonyl (C=O) groups is 2. The van der Waals surface area contributed by atoms with Crippen molar-refractivity contribution in [2.75, 3.05) is 0 Å². The van der Waals surface area contributed by atoms with Crippen LogP contribution in [0.5, 0.6) is 0 Å². The number of carboxylic acid groups (broad SMARTS) is 1. The Kier molecular flexibility index (Phi) is 3.93. The van der Waals surface area contributed by atoms with Gasteiger partial charge in [0.05, 0.1) is 6.54 Å². The first-order valence-corrected chi connectivity index (χ1v) is 4.81. The van der Waals surface area contributed by atoms with E-state index < -0.39 is 18.0 Å². The van der Waals surface area contributed by atoms with E-state index >= 15 is 0 Å². The summed E-state index contributed by atoms with van der Waals surface area (Å²) in [6.07, 6.45) is 0. The average Bonchev–Trinajstić information content (AvgIpc) is 2.61. The number of nitrogens with one attached hydrogen (secondary N) is 2. The van der Waals surface area contributed by atoms with Crippen molar-refractivity contribution in [1.82, 2.24) is 10.6 Å². The summed E-state index contributed by atoms with van der Waals surface area (Å²) in [6, 6.07) is 2.08. The van der Waals surface area contributed by atoms with E-state index in [9.17, 15) is 9.59 Å². The molecule has 0 saturated heterocycles. The third-order valence-corrected chi connectivity index (χ3v) is 1.94. The molecule has 0 fully saturated rings. The highest BCUT2D eigenvalue weighted by Crippen LogP contribution is 2.05. The van der Waals surface area contributed by atoms with Gasteiger partial charge in [-0.25, -0.2) is 4.79 Å². The van der Waals surface area contributed by atoms with Crippen LogP contribution in [0.2, 0.25) is 0 Å². The Morgan fingerprint density at radius 2 is 2.19 bits per heavy atom. The van der Waals surface area contributed by atoms with E-state index in [0.29, 0.717) is 5.76 Å². The first-order chi connectivity index (χ1) is 7.49. The zero-order valence-electron chi connectivity index (χ0n) is 9.11. The standard InChI is InChI=1S/C10H14N2O4/c1-6-3-4-8(16-6)5-11-10(15)12-7(2)9(13)14/h3-4,7H,5H2,1-2H3,(H,13,14)(H2,11,12,15)/t7-/m1/s1. The summed E-state index contributed by atoms with van der Waals surface area (Å²) in [6.45, 7) is 3.42. The van der Waals surface area contributed by atoms with Gasteiger partial charge in [0.2, 0.25) is 0 Å². The lowest BCUT2D eigenvalue weighted by Gasteiger charge is -2.09. The van der Waals surface area contributed by atoms with Gasteiger partial charge in [0.1, 0.15) is 17.6 Å². The van der Waals surface area contributed by atoms with Crippen molar-refractivity contribution >= 4 is 12.0 Å². The molecule has 16 heavy (non-hydrogen) atoms. The number of rotatable bonds is 4. The van der Waals surface area contributed by atoms with Gasteiger partial charge in [0.25, 0.3) is 0 Å². The number of aliphatic carboxylic acids is 1. The molecule has 0 aliphatic rings. The van der Waals surface area contributed by atoms with Crippen LogP contribution < -0.4 is 10.6 Å². The van der Waals surface area contributed by atoms with Crippen LogP contribution in [0.4, 0.5) is 4.79 Å². The summed E-state index contributed by atoms with van der Waals surface area (Å²) in [4.78, 5) is 21.7. The van der Waals surface area contributed by atoms with Crippen LogP contribution in [0.1, 0.15) is 18.4 Å². The van der Waals surface area contributed by atoms with Gasteiger partial charge in [-0.15, -0.1) is 0 Å². The lowest BCUT2D eigenvalue weighted by atomic mass is 10.3. The summed E-state index contributed by atoms with van der Waals surface area (Å²) in [7, 11) is 0. The van der Waals surface area contributed by atoms with E-state index in [4.69, 9.17) is 9.52 Å². The minimum absolute atomic E-state index is 0.228. The molecule has 0 bridgehead atoms. The molecule has 88 valence electrons. The van der Waals surface area contributed by atoms with Gasteiger partial charge >= 0.3 is 12.0 Å². The maximum Gasteiger partial charge on any atom is 0.325 e. The Labute approximate surface area is 92.6 Å². The Morgan fingerprint density at radius 1 is 1.50 bits per heavy atom.